The fourth-order valence-electron chi connectivity index (χ4n) is 7.37. The van der Waals surface area contributed by atoms with Gasteiger partial charge in [0.25, 0.3) is 0 Å². The van der Waals surface area contributed by atoms with Crippen molar-refractivity contribution in [1.82, 2.24) is 9.97 Å². The van der Waals surface area contributed by atoms with Crippen LogP contribution in [0.1, 0.15) is 0 Å². The van der Waals surface area contributed by atoms with E-state index in [2.05, 4.69) is 133 Å². The minimum absolute atomic E-state index is 0.912. The molecule has 47 heavy (non-hydrogen) atoms. The molecule has 0 aliphatic rings. The molecular weight excluding hydrogens is 572 g/mol. The third-order valence-electron chi connectivity index (χ3n) is 9.51. The van der Waals surface area contributed by atoms with E-state index in [1.54, 1.807) is 0 Å². The lowest BCUT2D eigenvalue weighted by atomic mass is 9.86. The van der Waals surface area contributed by atoms with E-state index in [4.69, 9.17) is 14.4 Å². The molecule has 3 heterocycles. The summed E-state index contributed by atoms with van der Waals surface area (Å²) in [5.74, 6) is 0. The second-order valence-electron chi connectivity index (χ2n) is 12.1. The van der Waals surface area contributed by atoms with E-state index in [1.807, 2.05) is 24.4 Å². The van der Waals surface area contributed by atoms with Gasteiger partial charge in [-0.15, -0.1) is 0 Å². The number of rotatable bonds is 3. The number of hydrogen-bond donors (Lipinski definition) is 0. The van der Waals surface area contributed by atoms with Gasteiger partial charge in [-0.3, -0.25) is 4.98 Å². The first-order valence-electron chi connectivity index (χ1n) is 15.9. The molecule has 0 radical (unpaired) electrons. The van der Waals surface area contributed by atoms with Crippen molar-refractivity contribution in [2.24, 2.45) is 0 Å². The Hall–Kier alpha value is -6.32. The van der Waals surface area contributed by atoms with Gasteiger partial charge in [-0.05, 0) is 56.4 Å². The number of nitrogens with zero attached hydrogens (tertiary/aromatic N) is 2. The Bertz CT molecular complexity index is 2790. The Morgan fingerprint density at radius 1 is 0.404 bits per heavy atom. The summed E-state index contributed by atoms with van der Waals surface area (Å²) in [7, 11) is 0. The van der Waals surface area contributed by atoms with E-state index >= 15 is 0 Å². The smallest absolute Gasteiger partial charge is 0.143 e. The predicted octanol–water partition coefficient (Wildman–Crippen LogP) is 12.0. The van der Waals surface area contributed by atoms with Gasteiger partial charge in [0, 0.05) is 38.9 Å². The van der Waals surface area contributed by atoms with Crippen LogP contribution < -0.4 is 0 Å². The molecule has 218 valence electrons. The van der Waals surface area contributed by atoms with E-state index in [-0.39, 0.29) is 0 Å². The molecule has 0 bridgehead atoms. The van der Waals surface area contributed by atoms with Crippen LogP contribution in [0.5, 0.6) is 0 Å². The summed E-state index contributed by atoms with van der Waals surface area (Å²) in [6.07, 6.45) is 1.85. The van der Waals surface area contributed by atoms with Gasteiger partial charge in [0.15, 0.2) is 0 Å². The minimum Gasteiger partial charge on any atom is -0.455 e. The standard InChI is InChI=1S/C44H26N2O/c1-3-13-35-33(11-1)40(28-20-18-27(19-21-28)31-15-7-16-37-32-10-5-6-17-39(32)47-44(31)37)34-12-2-4-14-36(34)41(35)38-25-24-30-23-22-29-9-8-26-45-42(29)43(30)46-38/h1-26H. The quantitative estimate of drug-likeness (QED) is 0.150. The molecule has 0 fully saturated rings. The fourth-order valence-corrected chi connectivity index (χ4v) is 7.37. The maximum atomic E-state index is 6.36. The van der Waals surface area contributed by atoms with Crippen molar-refractivity contribution in [2.45, 2.75) is 0 Å². The summed E-state index contributed by atoms with van der Waals surface area (Å²) in [5.41, 5.74) is 10.4. The molecule has 0 spiro atoms. The van der Waals surface area contributed by atoms with E-state index in [9.17, 15) is 0 Å². The lowest BCUT2D eigenvalue weighted by molar-refractivity contribution is 0.670. The Kier molecular flexibility index (Phi) is 5.57. The summed E-state index contributed by atoms with van der Waals surface area (Å²) < 4.78 is 6.36. The van der Waals surface area contributed by atoms with E-state index in [0.717, 1.165) is 66.1 Å². The molecule has 7 aromatic carbocycles. The van der Waals surface area contributed by atoms with Crippen molar-refractivity contribution < 1.29 is 4.42 Å². The molecule has 0 atom stereocenters. The van der Waals surface area contributed by atoms with Crippen LogP contribution in [0.25, 0.3) is 98.8 Å². The van der Waals surface area contributed by atoms with Gasteiger partial charge in [0.1, 0.15) is 11.2 Å². The third kappa shape index (κ3) is 3.93. The molecule has 0 N–H and O–H groups in total. The maximum Gasteiger partial charge on any atom is 0.143 e. The monoisotopic (exact) mass is 598 g/mol. The zero-order valence-corrected chi connectivity index (χ0v) is 25.3. The molecule has 0 amide bonds. The molecule has 3 heteroatoms. The molecule has 0 saturated carbocycles. The molecule has 3 aromatic heterocycles. The van der Waals surface area contributed by atoms with Crippen molar-refractivity contribution in [3.8, 4) is 33.5 Å². The Labute approximate surface area is 270 Å². The summed E-state index contributed by atoms with van der Waals surface area (Å²) in [6.45, 7) is 0. The zero-order chi connectivity index (χ0) is 30.9. The molecule has 0 aliphatic carbocycles. The number of fused-ring (bicyclic) bond motifs is 8. The zero-order valence-electron chi connectivity index (χ0n) is 25.3. The minimum atomic E-state index is 0.912. The normalized spacial score (nSPS) is 11.8. The first-order chi connectivity index (χ1) is 23.3. The Morgan fingerprint density at radius 2 is 1.00 bits per heavy atom. The van der Waals surface area contributed by atoms with Crippen molar-refractivity contribution in [2.75, 3.05) is 0 Å². The van der Waals surface area contributed by atoms with Crippen LogP contribution in [0, 0.1) is 0 Å². The number of benzene rings is 7. The molecular formula is C44H26N2O. The lowest BCUT2D eigenvalue weighted by Gasteiger charge is -2.18. The van der Waals surface area contributed by atoms with Gasteiger partial charge >= 0.3 is 0 Å². The first-order valence-corrected chi connectivity index (χ1v) is 15.9. The van der Waals surface area contributed by atoms with Crippen molar-refractivity contribution >= 4 is 65.3 Å². The summed E-state index contributed by atoms with van der Waals surface area (Å²) in [5, 5.41) is 9.22. The topological polar surface area (TPSA) is 38.9 Å². The predicted molar refractivity (Wildman–Crippen MR) is 196 cm³/mol. The van der Waals surface area contributed by atoms with Crippen LogP contribution in [0.3, 0.4) is 0 Å². The second-order valence-corrected chi connectivity index (χ2v) is 12.1. The van der Waals surface area contributed by atoms with Crippen LogP contribution >= 0.6 is 0 Å². The summed E-state index contributed by atoms with van der Waals surface area (Å²) in [6, 6.07) is 53.7. The van der Waals surface area contributed by atoms with Gasteiger partial charge in [-0.1, -0.05) is 133 Å². The maximum absolute atomic E-state index is 6.36. The van der Waals surface area contributed by atoms with E-state index < -0.39 is 0 Å². The van der Waals surface area contributed by atoms with Crippen molar-refractivity contribution in [3.05, 3.63) is 158 Å². The molecule has 0 unspecified atom stereocenters. The van der Waals surface area contributed by atoms with Gasteiger partial charge in [-0.2, -0.15) is 0 Å². The van der Waals surface area contributed by atoms with Crippen molar-refractivity contribution in [1.29, 1.82) is 0 Å². The highest BCUT2D eigenvalue weighted by atomic mass is 16.3. The fraction of sp³-hybridized carbons (Fsp3) is 0. The van der Waals surface area contributed by atoms with E-state index in [1.165, 1.54) is 32.7 Å². The molecule has 3 nitrogen and oxygen atoms in total. The van der Waals surface area contributed by atoms with Gasteiger partial charge < -0.3 is 4.42 Å². The average Bonchev–Trinajstić information content (AvgIpc) is 3.53. The number of hydrogen-bond acceptors (Lipinski definition) is 3. The highest BCUT2D eigenvalue weighted by Gasteiger charge is 2.18. The van der Waals surface area contributed by atoms with Crippen LogP contribution in [-0.4, -0.2) is 9.97 Å². The van der Waals surface area contributed by atoms with Crippen molar-refractivity contribution in [3.63, 3.8) is 0 Å². The SMILES string of the molecule is c1cnc2c(c1)ccc1ccc(-c3c4ccccc4c(-c4ccc(-c5cccc6c5oc5ccccc56)cc4)c4ccccc34)nc12. The largest absolute Gasteiger partial charge is 0.455 e. The van der Waals surface area contributed by atoms with Crippen LogP contribution in [-0.2, 0) is 0 Å². The van der Waals surface area contributed by atoms with Crippen LogP contribution in [0.4, 0.5) is 0 Å². The Morgan fingerprint density at radius 3 is 1.74 bits per heavy atom. The molecule has 0 aliphatic heterocycles. The summed E-state index contributed by atoms with van der Waals surface area (Å²) in [4.78, 5) is 10.0. The number of pyridine rings is 2. The first kappa shape index (κ1) is 26.0. The van der Waals surface area contributed by atoms with E-state index in [0.29, 0.717) is 0 Å². The highest BCUT2D eigenvalue weighted by Crippen LogP contribution is 2.44. The Balaban J connectivity index is 1.18. The summed E-state index contributed by atoms with van der Waals surface area (Å²) >= 11 is 0. The number of aromatic nitrogens is 2. The van der Waals surface area contributed by atoms with Gasteiger partial charge in [0.2, 0.25) is 0 Å². The molecule has 10 rings (SSSR count). The highest BCUT2D eigenvalue weighted by molar-refractivity contribution is 6.21. The molecule has 0 saturated heterocycles. The molecule has 10 aromatic rings. The lowest BCUT2D eigenvalue weighted by Crippen LogP contribution is -1.93. The second kappa shape index (κ2) is 10.1. The number of para-hydroxylation sites is 2. The van der Waals surface area contributed by atoms with Gasteiger partial charge in [0.05, 0.1) is 16.7 Å². The van der Waals surface area contributed by atoms with Crippen LogP contribution in [0.15, 0.2) is 162 Å². The van der Waals surface area contributed by atoms with Crippen LogP contribution in [0.2, 0.25) is 0 Å². The average molecular weight is 599 g/mol. The number of furan rings is 1. The third-order valence-corrected chi connectivity index (χ3v) is 9.51. The van der Waals surface area contributed by atoms with Gasteiger partial charge in [-0.25, -0.2) is 4.98 Å².